The van der Waals surface area contributed by atoms with Gasteiger partial charge in [0.1, 0.15) is 11.3 Å². The van der Waals surface area contributed by atoms with Gasteiger partial charge < -0.3 is 4.42 Å². The van der Waals surface area contributed by atoms with E-state index in [0.717, 1.165) is 33.2 Å². The van der Waals surface area contributed by atoms with Crippen LogP contribution >= 0.6 is 0 Å². The smallest absolute Gasteiger partial charge is 0.161 e. The minimum absolute atomic E-state index is 0.867. The summed E-state index contributed by atoms with van der Waals surface area (Å²) in [6, 6.07) is 19.3. The number of hydrogen-bond acceptors (Lipinski definition) is 2. The number of hydrogen-bond donors (Lipinski definition) is 0. The molecule has 3 aromatic carbocycles. The van der Waals surface area contributed by atoms with Gasteiger partial charge in [-0.05, 0) is 55.8 Å². The van der Waals surface area contributed by atoms with Crippen LogP contribution in [0.3, 0.4) is 0 Å². The maximum Gasteiger partial charge on any atom is 0.161 e. The fourth-order valence-electron chi connectivity index (χ4n) is 4.02. The van der Waals surface area contributed by atoms with Gasteiger partial charge in [-0.2, -0.15) is 0 Å². The molecular formula is C24H19NO. The second kappa shape index (κ2) is 5.43. The van der Waals surface area contributed by atoms with Crippen LogP contribution in [0.25, 0.3) is 44.0 Å². The molecule has 0 unspecified atom stereocenters. The van der Waals surface area contributed by atoms with Crippen molar-refractivity contribution in [1.29, 1.82) is 0 Å². The van der Waals surface area contributed by atoms with Crippen LogP contribution in [0.5, 0.6) is 0 Å². The monoisotopic (exact) mass is 337 g/mol. The Morgan fingerprint density at radius 2 is 1.50 bits per heavy atom. The maximum atomic E-state index is 6.39. The van der Waals surface area contributed by atoms with Crippen molar-refractivity contribution >= 4 is 32.7 Å². The van der Waals surface area contributed by atoms with Crippen molar-refractivity contribution in [2.75, 3.05) is 0 Å². The van der Waals surface area contributed by atoms with Crippen molar-refractivity contribution < 1.29 is 4.42 Å². The minimum Gasteiger partial charge on any atom is -0.453 e. The fraction of sp³-hybridized carbons (Fsp3) is 0.125. The van der Waals surface area contributed by atoms with E-state index in [0.29, 0.717) is 0 Å². The Kier molecular flexibility index (Phi) is 3.17. The molecule has 0 amide bonds. The molecular weight excluding hydrogens is 318 g/mol. The number of rotatable bonds is 1. The van der Waals surface area contributed by atoms with Crippen LogP contribution in [-0.2, 0) is 0 Å². The quantitative estimate of drug-likeness (QED) is 0.339. The molecule has 0 spiro atoms. The largest absolute Gasteiger partial charge is 0.453 e. The molecule has 0 atom stereocenters. The molecule has 0 aliphatic heterocycles. The van der Waals surface area contributed by atoms with Crippen molar-refractivity contribution in [3.05, 3.63) is 77.5 Å². The lowest BCUT2D eigenvalue weighted by Gasteiger charge is -2.05. The number of furan rings is 1. The van der Waals surface area contributed by atoms with E-state index < -0.39 is 0 Å². The SMILES string of the molecule is Cc1cc(C)cc(-c2nccc3c2oc2c(C)c4ccccc4cc23)c1. The molecule has 0 N–H and O–H groups in total. The predicted octanol–water partition coefficient (Wildman–Crippen LogP) is 6.73. The first-order chi connectivity index (χ1) is 12.6. The Morgan fingerprint density at radius 3 is 2.31 bits per heavy atom. The summed E-state index contributed by atoms with van der Waals surface area (Å²) in [5.74, 6) is 0. The predicted molar refractivity (Wildman–Crippen MR) is 109 cm³/mol. The highest BCUT2D eigenvalue weighted by atomic mass is 16.3. The average molecular weight is 337 g/mol. The summed E-state index contributed by atoms with van der Waals surface area (Å²) in [7, 11) is 0. The highest BCUT2D eigenvalue weighted by Gasteiger charge is 2.16. The van der Waals surface area contributed by atoms with Crippen molar-refractivity contribution in [3.8, 4) is 11.3 Å². The molecule has 0 bridgehead atoms. The number of aromatic nitrogens is 1. The summed E-state index contributed by atoms with van der Waals surface area (Å²) in [5, 5.41) is 4.76. The van der Waals surface area contributed by atoms with Crippen LogP contribution in [-0.4, -0.2) is 4.98 Å². The zero-order chi connectivity index (χ0) is 17.8. The van der Waals surface area contributed by atoms with Gasteiger partial charge in [0.15, 0.2) is 5.58 Å². The van der Waals surface area contributed by atoms with Gasteiger partial charge in [-0.1, -0.05) is 41.5 Å². The first kappa shape index (κ1) is 15.2. The molecule has 0 aliphatic carbocycles. The van der Waals surface area contributed by atoms with Crippen molar-refractivity contribution in [1.82, 2.24) is 4.98 Å². The fourth-order valence-corrected chi connectivity index (χ4v) is 4.02. The second-order valence-electron chi connectivity index (χ2n) is 7.11. The molecule has 0 aliphatic rings. The summed E-state index contributed by atoms with van der Waals surface area (Å²) in [6.45, 7) is 6.37. The van der Waals surface area contributed by atoms with Crippen LogP contribution in [0.2, 0.25) is 0 Å². The normalized spacial score (nSPS) is 11.7. The van der Waals surface area contributed by atoms with E-state index in [4.69, 9.17) is 4.42 Å². The van der Waals surface area contributed by atoms with Crippen LogP contribution in [0.4, 0.5) is 0 Å². The number of aryl methyl sites for hydroxylation is 3. The summed E-state index contributed by atoms with van der Waals surface area (Å²) >= 11 is 0. The van der Waals surface area contributed by atoms with E-state index in [1.54, 1.807) is 0 Å². The van der Waals surface area contributed by atoms with Crippen LogP contribution in [0, 0.1) is 20.8 Å². The van der Waals surface area contributed by atoms with E-state index in [-0.39, 0.29) is 0 Å². The second-order valence-corrected chi connectivity index (χ2v) is 7.11. The Hall–Kier alpha value is -3.13. The third kappa shape index (κ3) is 2.15. The van der Waals surface area contributed by atoms with E-state index in [2.05, 4.69) is 80.4 Å². The summed E-state index contributed by atoms with van der Waals surface area (Å²) in [5.41, 5.74) is 7.49. The van der Waals surface area contributed by atoms with Gasteiger partial charge >= 0.3 is 0 Å². The van der Waals surface area contributed by atoms with Gasteiger partial charge in [0, 0.05) is 28.1 Å². The lowest BCUT2D eigenvalue weighted by Crippen LogP contribution is -1.86. The highest BCUT2D eigenvalue weighted by Crippen LogP contribution is 2.38. The third-order valence-electron chi connectivity index (χ3n) is 5.14. The third-order valence-corrected chi connectivity index (χ3v) is 5.14. The number of benzene rings is 3. The Balaban J connectivity index is 1.91. The lowest BCUT2D eigenvalue weighted by molar-refractivity contribution is 0.666. The molecule has 5 rings (SSSR count). The molecule has 0 radical (unpaired) electrons. The molecule has 2 aromatic heterocycles. The van der Waals surface area contributed by atoms with E-state index in [1.165, 1.54) is 27.5 Å². The molecule has 2 nitrogen and oxygen atoms in total. The molecule has 2 heteroatoms. The number of nitrogens with zero attached hydrogens (tertiary/aromatic N) is 1. The molecule has 5 aromatic rings. The standard InChI is InChI=1S/C24H19NO/c1-14-10-15(2)12-18(11-14)22-24-20(8-9-25-22)21-13-17-6-4-5-7-19(17)16(3)23(21)26-24/h4-13H,1-3H3. The molecule has 2 heterocycles. The first-order valence-corrected chi connectivity index (χ1v) is 8.90. The minimum atomic E-state index is 0.867. The van der Waals surface area contributed by atoms with E-state index in [9.17, 15) is 0 Å². The zero-order valence-electron chi connectivity index (χ0n) is 15.1. The highest BCUT2D eigenvalue weighted by molar-refractivity contribution is 6.14. The maximum absolute atomic E-state index is 6.39. The van der Waals surface area contributed by atoms with E-state index >= 15 is 0 Å². The first-order valence-electron chi connectivity index (χ1n) is 8.90. The van der Waals surface area contributed by atoms with Gasteiger partial charge in [-0.3, -0.25) is 4.98 Å². The lowest BCUT2D eigenvalue weighted by atomic mass is 10.0. The summed E-state index contributed by atoms with van der Waals surface area (Å²) < 4.78 is 6.39. The number of pyridine rings is 1. The van der Waals surface area contributed by atoms with Gasteiger partial charge in [0.05, 0.1) is 0 Å². The molecule has 0 saturated carbocycles. The Bertz CT molecular complexity index is 1290. The zero-order valence-corrected chi connectivity index (χ0v) is 15.1. The average Bonchev–Trinajstić information content (AvgIpc) is 3.00. The Morgan fingerprint density at radius 1 is 0.731 bits per heavy atom. The van der Waals surface area contributed by atoms with Crippen molar-refractivity contribution in [2.24, 2.45) is 0 Å². The number of fused-ring (bicyclic) bond motifs is 4. The summed E-state index contributed by atoms with van der Waals surface area (Å²) in [6.07, 6.45) is 1.88. The summed E-state index contributed by atoms with van der Waals surface area (Å²) in [4.78, 5) is 4.66. The van der Waals surface area contributed by atoms with Crippen molar-refractivity contribution in [3.63, 3.8) is 0 Å². The van der Waals surface area contributed by atoms with Gasteiger partial charge in [-0.25, -0.2) is 0 Å². The molecule has 0 saturated heterocycles. The van der Waals surface area contributed by atoms with Crippen LogP contribution < -0.4 is 0 Å². The van der Waals surface area contributed by atoms with Crippen molar-refractivity contribution in [2.45, 2.75) is 20.8 Å². The Labute approximate surface area is 152 Å². The van der Waals surface area contributed by atoms with Gasteiger partial charge in [-0.15, -0.1) is 0 Å². The topological polar surface area (TPSA) is 26.0 Å². The van der Waals surface area contributed by atoms with Gasteiger partial charge in [0.25, 0.3) is 0 Å². The van der Waals surface area contributed by atoms with Crippen LogP contribution in [0.1, 0.15) is 16.7 Å². The van der Waals surface area contributed by atoms with Crippen LogP contribution in [0.15, 0.2) is 65.2 Å². The molecule has 26 heavy (non-hydrogen) atoms. The molecule has 0 fully saturated rings. The van der Waals surface area contributed by atoms with E-state index in [1.807, 2.05) is 6.20 Å². The van der Waals surface area contributed by atoms with Gasteiger partial charge in [0.2, 0.25) is 0 Å². The molecule has 126 valence electrons.